The third-order valence-corrected chi connectivity index (χ3v) is 5.23. The van der Waals surface area contributed by atoms with E-state index in [-0.39, 0.29) is 11.6 Å². The van der Waals surface area contributed by atoms with Crippen LogP contribution in [0.3, 0.4) is 0 Å². The van der Waals surface area contributed by atoms with Crippen molar-refractivity contribution < 1.29 is 23.7 Å². The first kappa shape index (κ1) is 21.5. The molecule has 32 heavy (non-hydrogen) atoms. The van der Waals surface area contributed by atoms with E-state index in [1.807, 2.05) is 37.3 Å². The van der Waals surface area contributed by atoms with E-state index in [1.54, 1.807) is 22.9 Å². The minimum absolute atomic E-state index is 0.103. The molecule has 0 saturated heterocycles. The zero-order valence-corrected chi connectivity index (χ0v) is 18.6. The lowest BCUT2D eigenvalue weighted by atomic mass is 10.1. The highest BCUT2D eigenvalue weighted by Crippen LogP contribution is 2.39. The summed E-state index contributed by atoms with van der Waals surface area (Å²) < 4.78 is 23.1. The number of hydrogen-bond donors (Lipinski definition) is 0. The number of rotatable bonds is 6. The van der Waals surface area contributed by atoms with Gasteiger partial charge in [0.05, 0.1) is 32.7 Å². The van der Waals surface area contributed by atoms with Gasteiger partial charge in [-0.15, -0.1) is 0 Å². The molecule has 0 amide bonds. The Kier molecular flexibility index (Phi) is 5.87. The number of ether oxygens (including phenoxy) is 4. The van der Waals surface area contributed by atoms with Crippen LogP contribution in [0.2, 0.25) is 5.15 Å². The van der Waals surface area contributed by atoms with Crippen molar-refractivity contribution in [2.75, 3.05) is 21.3 Å². The molecule has 1 aliphatic heterocycles. The van der Waals surface area contributed by atoms with Crippen molar-refractivity contribution in [3.05, 3.63) is 70.1 Å². The molecule has 0 unspecified atom stereocenters. The van der Waals surface area contributed by atoms with Gasteiger partial charge in [0.15, 0.2) is 17.2 Å². The number of para-hydroxylation sites is 1. The highest BCUT2D eigenvalue weighted by molar-refractivity contribution is 6.31. The second kappa shape index (κ2) is 8.76. The molecule has 2 aromatic carbocycles. The monoisotopic (exact) mass is 453 g/mol. The molecular weight excluding hydrogens is 434 g/mol. The van der Waals surface area contributed by atoms with Gasteiger partial charge in [0.25, 0.3) is 0 Å². The standard InChI is InChI=1S/C23H20ClN3O5/c1-13-16(21(24)27(26-13)15-8-6-5-7-9-15)12-17-23(28)32-22(25-17)14-10-18(29-2)20(31-4)19(11-14)30-3/h5-12H,1-4H3/b17-12+. The zero-order valence-electron chi connectivity index (χ0n) is 17.9. The number of nitrogens with zero attached hydrogens (tertiary/aromatic N) is 3. The Hall–Kier alpha value is -3.78. The summed E-state index contributed by atoms with van der Waals surface area (Å²) in [5.41, 5.74) is 2.64. The molecule has 9 heteroatoms. The fourth-order valence-corrected chi connectivity index (χ4v) is 3.62. The van der Waals surface area contributed by atoms with Gasteiger partial charge >= 0.3 is 5.97 Å². The Morgan fingerprint density at radius 3 is 2.28 bits per heavy atom. The van der Waals surface area contributed by atoms with Crippen LogP contribution in [-0.2, 0) is 9.53 Å². The molecule has 0 spiro atoms. The molecule has 0 aliphatic carbocycles. The first-order valence-corrected chi connectivity index (χ1v) is 9.98. The van der Waals surface area contributed by atoms with Crippen LogP contribution >= 0.6 is 11.6 Å². The summed E-state index contributed by atoms with van der Waals surface area (Å²) in [6.45, 7) is 1.81. The van der Waals surface area contributed by atoms with E-state index in [0.717, 1.165) is 5.69 Å². The van der Waals surface area contributed by atoms with Gasteiger partial charge in [-0.05, 0) is 37.3 Å². The normalized spacial score (nSPS) is 14.3. The molecule has 1 aliphatic rings. The summed E-state index contributed by atoms with van der Waals surface area (Å²) in [4.78, 5) is 16.9. The largest absolute Gasteiger partial charge is 0.493 e. The first-order valence-electron chi connectivity index (χ1n) is 9.60. The number of methoxy groups -OCH3 is 3. The second-order valence-electron chi connectivity index (χ2n) is 6.79. The van der Waals surface area contributed by atoms with Crippen molar-refractivity contribution in [3.8, 4) is 22.9 Å². The molecule has 0 radical (unpaired) electrons. The predicted molar refractivity (Wildman–Crippen MR) is 120 cm³/mol. The average Bonchev–Trinajstić information content (AvgIpc) is 3.32. The van der Waals surface area contributed by atoms with Gasteiger partial charge in [0, 0.05) is 11.1 Å². The number of aryl methyl sites for hydroxylation is 1. The maximum atomic E-state index is 12.5. The van der Waals surface area contributed by atoms with Gasteiger partial charge in [0.2, 0.25) is 11.6 Å². The zero-order chi connectivity index (χ0) is 22.8. The summed E-state index contributed by atoms with van der Waals surface area (Å²) in [7, 11) is 4.52. The van der Waals surface area contributed by atoms with E-state index in [4.69, 9.17) is 30.5 Å². The number of esters is 1. The molecule has 0 saturated carbocycles. The van der Waals surface area contributed by atoms with Gasteiger partial charge in [0.1, 0.15) is 5.15 Å². The lowest BCUT2D eigenvalue weighted by Crippen LogP contribution is -2.07. The van der Waals surface area contributed by atoms with E-state index in [0.29, 0.717) is 39.2 Å². The first-order chi connectivity index (χ1) is 15.5. The molecule has 1 aromatic heterocycles. The number of benzene rings is 2. The topological polar surface area (TPSA) is 84.2 Å². The molecule has 4 rings (SSSR count). The summed E-state index contributed by atoms with van der Waals surface area (Å²) >= 11 is 6.56. The number of carbonyl (C=O) groups excluding carboxylic acids is 1. The third kappa shape index (κ3) is 3.80. The third-order valence-electron chi connectivity index (χ3n) is 4.86. The number of carbonyl (C=O) groups is 1. The van der Waals surface area contributed by atoms with Crippen molar-refractivity contribution in [1.82, 2.24) is 9.78 Å². The van der Waals surface area contributed by atoms with Crippen molar-refractivity contribution in [2.24, 2.45) is 4.99 Å². The van der Waals surface area contributed by atoms with Crippen LogP contribution < -0.4 is 14.2 Å². The van der Waals surface area contributed by atoms with Crippen LogP contribution in [-0.4, -0.2) is 43.0 Å². The molecule has 3 aromatic rings. The SMILES string of the molecule is COc1cc(C2=N/C(=C/c3c(C)nn(-c4ccccc4)c3Cl)C(=O)O2)cc(OC)c1OC. The summed E-state index contributed by atoms with van der Waals surface area (Å²) in [5.74, 6) is 0.777. The van der Waals surface area contributed by atoms with Crippen LogP contribution in [0, 0.1) is 6.92 Å². The van der Waals surface area contributed by atoms with E-state index >= 15 is 0 Å². The number of cyclic esters (lactones) is 1. The van der Waals surface area contributed by atoms with Crippen LogP contribution in [0.5, 0.6) is 17.2 Å². The Morgan fingerprint density at radius 1 is 1.03 bits per heavy atom. The molecule has 0 N–H and O–H groups in total. The van der Waals surface area contributed by atoms with Gasteiger partial charge < -0.3 is 18.9 Å². The molecule has 164 valence electrons. The van der Waals surface area contributed by atoms with Crippen LogP contribution in [0.1, 0.15) is 16.8 Å². The fraction of sp³-hybridized carbons (Fsp3) is 0.174. The molecular formula is C23H20ClN3O5. The van der Waals surface area contributed by atoms with Gasteiger partial charge in [-0.2, -0.15) is 5.10 Å². The second-order valence-corrected chi connectivity index (χ2v) is 7.15. The maximum Gasteiger partial charge on any atom is 0.363 e. The van der Waals surface area contributed by atoms with Crippen molar-refractivity contribution >= 4 is 29.5 Å². The highest BCUT2D eigenvalue weighted by Gasteiger charge is 2.27. The molecule has 2 heterocycles. The van der Waals surface area contributed by atoms with E-state index in [9.17, 15) is 4.79 Å². The Labute approximate surface area is 189 Å². The lowest BCUT2D eigenvalue weighted by Gasteiger charge is -2.13. The summed E-state index contributed by atoms with van der Waals surface area (Å²) in [5, 5.41) is 4.85. The quantitative estimate of drug-likeness (QED) is 0.410. The Morgan fingerprint density at radius 2 is 1.69 bits per heavy atom. The number of hydrogen-bond acceptors (Lipinski definition) is 7. The molecule has 0 atom stereocenters. The van der Waals surface area contributed by atoms with Crippen LogP contribution in [0.4, 0.5) is 0 Å². The Bertz CT molecular complexity index is 1220. The summed E-state index contributed by atoms with van der Waals surface area (Å²) in [6, 6.07) is 12.8. The van der Waals surface area contributed by atoms with E-state index in [2.05, 4.69) is 10.1 Å². The number of aromatic nitrogens is 2. The van der Waals surface area contributed by atoms with Gasteiger partial charge in [-0.1, -0.05) is 29.8 Å². The van der Waals surface area contributed by atoms with Crippen LogP contribution in [0.25, 0.3) is 11.8 Å². The average molecular weight is 454 g/mol. The van der Waals surface area contributed by atoms with Crippen molar-refractivity contribution in [1.29, 1.82) is 0 Å². The minimum Gasteiger partial charge on any atom is -0.493 e. The predicted octanol–water partition coefficient (Wildman–Crippen LogP) is 4.20. The smallest absolute Gasteiger partial charge is 0.363 e. The minimum atomic E-state index is -0.600. The highest BCUT2D eigenvalue weighted by atomic mass is 35.5. The van der Waals surface area contributed by atoms with Crippen molar-refractivity contribution in [3.63, 3.8) is 0 Å². The van der Waals surface area contributed by atoms with Gasteiger partial charge in [-0.3, -0.25) is 0 Å². The van der Waals surface area contributed by atoms with Gasteiger partial charge in [-0.25, -0.2) is 14.5 Å². The summed E-state index contributed by atoms with van der Waals surface area (Å²) in [6.07, 6.45) is 1.57. The Balaban J connectivity index is 1.74. The number of aliphatic imine (C=N–C) groups is 1. The molecule has 8 nitrogen and oxygen atoms in total. The lowest BCUT2D eigenvalue weighted by molar-refractivity contribution is -0.129. The van der Waals surface area contributed by atoms with Crippen LogP contribution in [0.15, 0.2) is 53.2 Å². The van der Waals surface area contributed by atoms with E-state index < -0.39 is 5.97 Å². The number of halogens is 1. The fourth-order valence-electron chi connectivity index (χ4n) is 3.29. The molecule has 0 fully saturated rings. The molecule has 0 bridgehead atoms. The maximum absolute atomic E-state index is 12.5. The van der Waals surface area contributed by atoms with E-state index in [1.165, 1.54) is 21.3 Å². The van der Waals surface area contributed by atoms with Crippen molar-refractivity contribution in [2.45, 2.75) is 6.92 Å².